The first kappa shape index (κ1) is 29.9. The molecule has 0 spiro atoms. The molecule has 6 nitrogen and oxygen atoms in total. The van der Waals surface area contributed by atoms with Crippen molar-refractivity contribution in [1.82, 2.24) is 4.98 Å². The van der Waals surface area contributed by atoms with Gasteiger partial charge in [-0.25, -0.2) is 4.98 Å². The Labute approximate surface area is 264 Å². The SMILES string of the molecule is CCOC(=O)CCCCCOc1ccc2c(-c3nc4ccc(N(Cc5ccccc5)Cc5ccccc5)cc4o3)cccc2c1. The number of benzene rings is 5. The second kappa shape index (κ2) is 14.6. The Kier molecular flexibility index (Phi) is 9.71. The summed E-state index contributed by atoms with van der Waals surface area (Å²) in [6.45, 7) is 4.43. The zero-order chi connectivity index (χ0) is 30.8. The lowest BCUT2D eigenvalue weighted by Gasteiger charge is -2.25. The van der Waals surface area contributed by atoms with E-state index in [0.29, 0.717) is 25.5 Å². The molecule has 0 saturated carbocycles. The minimum absolute atomic E-state index is 0.128. The Morgan fingerprint density at radius 1 is 0.778 bits per heavy atom. The number of ether oxygens (including phenoxy) is 2. The van der Waals surface area contributed by atoms with Crippen LogP contribution in [-0.2, 0) is 22.6 Å². The monoisotopic (exact) mass is 598 g/mol. The summed E-state index contributed by atoms with van der Waals surface area (Å²) in [5.74, 6) is 1.29. The summed E-state index contributed by atoms with van der Waals surface area (Å²) in [5.41, 5.74) is 6.11. The Hall–Kier alpha value is -5.10. The second-order valence-corrected chi connectivity index (χ2v) is 11.2. The molecular weight excluding hydrogens is 560 g/mol. The van der Waals surface area contributed by atoms with Gasteiger partial charge in [-0.3, -0.25) is 4.79 Å². The van der Waals surface area contributed by atoms with Gasteiger partial charge in [0, 0.05) is 36.8 Å². The van der Waals surface area contributed by atoms with Crippen LogP contribution in [0, 0.1) is 0 Å². The number of unbranched alkanes of at least 4 members (excludes halogenated alkanes) is 2. The van der Waals surface area contributed by atoms with Crippen molar-refractivity contribution in [3.8, 4) is 17.2 Å². The average Bonchev–Trinajstić information content (AvgIpc) is 3.50. The van der Waals surface area contributed by atoms with E-state index in [1.165, 1.54) is 11.1 Å². The van der Waals surface area contributed by atoms with Crippen LogP contribution in [0.1, 0.15) is 43.7 Å². The molecule has 6 heteroatoms. The molecule has 6 rings (SSSR count). The Morgan fingerprint density at radius 2 is 1.53 bits per heavy atom. The minimum Gasteiger partial charge on any atom is -0.494 e. The molecule has 0 bridgehead atoms. The van der Waals surface area contributed by atoms with Crippen LogP contribution in [0.2, 0.25) is 0 Å². The van der Waals surface area contributed by atoms with Crippen LogP contribution in [0.3, 0.4) is 0 Å². The number of aromatic nitrogens is 1. The average molecular weight is 599 g/mol. The van der Waals surface area contributed by atoms with Gasteiger partial charge in [-0.1, -0.05) is 72.8 Å². The van der Waals surface area contributed by atoms with E-state index in [2.05, 4.69) is 89.8 Å². The van der Waals surface area contributed by atoms with E-state index in [1.807, 2.05) is 37.3 Å². The molecule has 1 heterocycles. The van der Waals surface area contributed by atoms with E-state index in [-0.39, 0.29) is 5.97 Å². The molecule has 0 aliphatic heterocycles. The topological polar surface area (TPSA) is 64.8 Å². The smallest absolute Gasteiger partial charge is 0.305 e. The predicted molar refractivity (Wildman–Crippen MR) is 180 cm³/mol. The van der Waals surface area contributed by atoms with E-state index in [9.17, 15) is 4.79 Å². The number of anilines is 1. The zero-order valence-corrected chi connectivity index (χ0v) is 25.7. The minimum atomic E-state index is -0.128. The number of carbonyl (C=O) groups excluding carboxylic acids is 1. The van der Waals surface area contributed by atoms with Crippen molar-refractivity contribution in [1.29, 1.82) is 0 Å². The molecule has 0 saturated heterocycles. The molecular formula is C39H38N2O4. The van der Waals surface area contributed by atoms with Gasteiger partial charge in [-0.2, -0.15) is 0 Å². The van der Waals surface area contributed by atoms with Crippen LogP contribution < -0.4 is 9.64 Å². The highest BCUT2D eigenvalue weighted by Gasteiger charge is 2.15. The third kappa shape index (κ3) is 7.71. The number of fused-ring (bicyclic) bond motifs is 2. The second-order valence-electron chi connectivity index (χ2n) is 11.2. The van der Waals surface area contributed by atoms with Gasteiger partial charge >= 0.3 is 5.97 Å². The summed E-state index contributed by atoms with van der Waals surface area (Å²) in [4.78, 5) is 18.7. The highest BCUT2D eigenvalue weighted by molar-refractivity contribution is 5.96. The van der Waals surface area contributed by atoms with E-state index in [1.54, 1.807) is 0 Å². The molecule has 1 aromatic heterocycles. The molecule has 228 valence electrons. The Balaban J connectivity index is 1.18. The highest BCUT2D eigenvalue weighted by Crippen LogP contribution is 2.34. The summed E-state index contributed by atoms with van der Waals surface area (Å²) in [6.07, 6.45) is 3.08. The van der Waals surface area contributed by atoms with Crippen molar-refractivity contribution in [3.05, 3.63) is 126 Å². The molecule has 0 atom stereocenters. The van der Waals surface area contributed by atoms with E-state index in [0.717, 1.165) is 71.2 Å². The number of carbonyl (C=O) groups is 1. The fraction of sp³-hybridized carbons (Fsp3) is 0.231. The first-order valence-electron chi connectivity index (χ1n) is 15.7. The normalized spacial score (nSPS) is 11.1. The fourth-order valence-electron chi connectivity index (χ4n) is 5.58. The summed E-state index contributed by atoms with van der Waals surface area (Å²) in [7, 11) is 0. The van der Waals surface area contributed by atoms with Crippen LogP contribution in [-0.4, -0.2) is 24.2 Å². The third-order valence-corrected chi connectivity index (χ3v) is 7.85. The molecule has 0 amide bonds. The third-order valence-electron chi connectivity index (χ3n) is 7.85. The number of hydrogen-bond donors (Lipinski definition) is 0. The maximum atomic E-state index is 11.5. The molecule has 5 aromatic carbocycles. The van der Waals surface area contributed by atoms with Crippen LogP contribution in [0.5, 0.6) is 5.75 Å². The van der Waals surface area contributed by atoms with Crippen molar-refractivity contribution in [2.24, 2.45) is 0 Å². The van der Waals surface area contributed by atoms with Crippen LogP contribution in [0.4, 0.5) is 5.69 Å². The van der Waals surface area contributed by atoms with Gasteiger partial charge in [-0.15, -0.1) is 0 Å². The quantitative estimate of drug-likeness (QED) is 0.0919. The molecule has 45 heavy (non-hydrogen) atoms. The number of nitrogens with zero attached hydrogens (tertiary/aromatic N) is 2. The van der Waals surface area contributed by atoms with E-state index in [4.69, 9.17) is 18.9 Å². The van der Waals surface area contributed by atoms with Gasteiger partial charge in [0.25, 0.3) is 0 Å². The lowest BCUT2D eigenvalue weighted by Crippen LogP contribution is -2.22. The van der Waals surface area contributed by atoms with Gasteiger partial charge in [-0.05, 0) is 84.5 Å². The molecule has 0 aliphatic rings. The van der Waals surface area contributed by atoms with Crippen LogP contribution in [0.15, 0.2) is 120 Å². The lowest BCUT2D eigenvalue weighted by atomic mass is 10.0. The van der Waals surface area contributed by atoms with Crippen molar-refractivity contribution < 1.29 is 18.7 Å². The molecule has 0 N–H and O–H groups in total. The first-order chi connectivity index (χ1) is 22.2. The highest BCUT2D eigenvalue weighted by atomic mass is 16.5. The molecule has 0 fully saturated rings. The molecule has 0 aliphatic carbocycles. The predicted octanol–water partition coefficient (Wildman–Crippen LogP) is 9.36. The van der Waals surface area contributed by atoms with Gasteiger partial charge < -0.3 is 18.8 Å². The van der Waals surface area contributed by atoms with Crippen LogP contribution in [0.25, 0.3) is 33.3 Å². The fourth-order valence-corrected chi connectivity index (χ4v) is 5.58. The maximum absolute atomic E-state index is 11.5. The largest absolute Gasteiger partial charge is 0.494 e. The maximum Gasteiger partial charge on any atom is 0.305 e. The molecule has 0 unspecified atom stereocenters. The molecule has 6 aromatic rings. The van der Waals surface area contributed by atoms with Crippen molar-refractivity contribution >= 4 is 33.5 Å². The Bertz CT molecular complexity index is 1810. The van der Waals surface area contributed by atoms with E-state index < -0.39 is 0 Å². The van der Waals surface area contributed by atoms with Crippen LogP contribution >= 0.6 is 0 Å². The number of rotatable bonds is 14. The lowest BCUT2D eigenvalue weighted by molar-refractivity contribution is -0.143. The molecule has 0 radical (unpaired) electrons. The van der Waals surface area contributed by atoms with Gasteiger partial charge in [0.15, 0.2) is 5.58 Å². The summed E-state index contributed by atoms with van der Waals surface area (Å²) >= 11 is 0. The summed E-state index contributed by atoms with van der Waals surface area (Å²) < 4.78 is 17.4. The van der Waals surface area contributed by atoms with Crippen molar-refractivity contribution in [3.63, 3.8) is 0 Å². The van der Waals surface area contributed by atoms with Crippen molar-refractivity contribution in [2.75, 3.05) is 18.1 Å². The van der Waals surface area contributed by atoms with Gasteiger partial charge in [0.2, 0.25) is 5.89 Å². The number of esters is 1. The number of hydrogen-bond acceptors (Lipinski definition) is 6. The Morgan fingerprint density at radius 3 is 2.27 bits per heavy atom. The van der Waals surface area contributed by atoms with Crippen molar-refractivity contribution in [2.45, 2.75) is 45.7 Å². The number of oxazole rings is 1. The standard InChI is InChI=1S/C39H38N2O4/c1-2-43-38(42)19-10-5-11-24-44-33-21-22-34-31(25-33)17-12-18-35(34)39-40-36-23-20-32(26-37(36)45-39)41(27-29-13-6-3-7-14-29)28-30-15-8-4-9-16-30/h3-4,6-9,12-18,20-23,25-26H,2,5,10-11,19,24,27-28H2,1H3. The summed E-state index contributed by atoms with van der Waals surface area (Å²) in [5, 5.41) is 2.12. The zero-order valence-electron chi connectivity index (χ0n) is 25.7. The van der Waals surface area contributed by atoms with Gasteiger partial charge in [0.1, 0.15) is 11.3 Å². The van der Waals surface area contributed by atoms with Gasteiger partial charge in [0.05, 0.1) is 13.2 Å². The van der Waals surface area contributed by atoms with E-state index >= 15 is 0 Å². The summed E-state index contributed by atoms with van der Waals surface area (Å²) in [6, 6.07) is 39.6. The first-order valence-corrected chi connectivity index (χ1v) is 15.7.